The zero-order chi connectivity index (χ0) is 9.84. The Bertz CT molecular complexity index is 314. The van der Waals surface area contributed by atoms with Gasteiger partial charge in [0.05, 0.1) is 0 Å². The molecule has 1 aromatic heterocycles. The van der Waals surface area contributed by atoms with Gasteiger partial charge in [0, 0.05) is 20.2 Å². The van der Waals surface area contributed by atoms with E-state index >= 15 is 0 Å². The molecule has 0 spiro atoms. The number of hydrogen-bond donors (Lipinski definition) is 1. The van der Waals surface area contributed by atoms with Crippen LogP contribution in [0, 0.1) is 10.1 Å². The van der Waals surface area contributed by atoms with Crippen LogP contribution in [0.2, 0.25) is 0 Å². The first-order chi connectivity index (χ1) is 6.09. The maximum Gasteiger partial charge on any atom is 0.195 e. The lowest BCUT2D eigenvalue weighted by Gasteiger charge is -2.10. The predicted octanol–water partition coefficient (Wildman–Crippen LogP) is 0.146. The number of anilines is 2. The summed E-state index contributed by atoms with van der Waals surface area (Å²) in [6, 6.07) is 1.49. The third kappa shape index (κ3) is 2.55. The molecule has 0 saturated heterocycles. The molecule has 0 aliphatic rings. The largest absolute Gasteiger partial charge is 0.363 e. The molecule has 0 bridgehead atoms. The summed E-state index contributed by atoms with van der Waals surface area (Å²) in [5.74, 6) is 0.781. The van der Waals surface area contributed by atoms with Crippen LogP contribution in [0.3, 0.4) is 0 Å². The standard InChI is InChI=1S/C6H9N5O2/c1-10(2)6-3-5(7-4-8-6)9-11(12)13/h3-4H,1-2H3,(H,7,8,9). The highest BCUT2D eigenvalue weighted by atomic mass is 16.7. The highest BCUT2D eigenvalue weighted by Crippen LogP contribution is 2.10. The van der Waals surface area contributed by atoms with Gasteiger partial charge in [-0.2, -0.15) is 0 Å². The van der Waals surface area contributed by atoms with Crippen molar-refractivity contribution in [2.45, 2.75) is 0 Å². The van der Waals surface area contributed by atoms with Gasteiger partial charge >= 0.3 is 0 Å². The molecule has 7 nitrogen and oxygen atoms in total. The first-order valence-electron chi connectivity index (χ1n) is 3.50. The number of nitro groups is 1. The van der Waals surface area contributed by atoms with E-state index in [1.54, 1.807) is 19.0 Å². The van der Waals surface area contributed by atoms with E-state index in [1.807, 2.05) is 5.43 Å². The molecule has 0 fully saturated rings. The van der Waals surface area contributed by atoms with Gasteiger partial charge in [-0.15, -0.1) is 0 Å². The molecule has 0 aliphatic heterocycles. The van der Waals surface area contributed by atoms with Crippen LogP contribution in [0.1, 0.15) is 0 Å². The van der Waals surface area contributed by atoms with E-state index in [0.29, 0.717) is 5.82 Å². The summed E-state index contributed by atoms with van der Waals surface area (Å²) >= 11 is 0. The minimum atomic E-state index is -0.665. The lowest BCUT2D eigenvalue weighted by molar-refractivity contribution is -0.445. The Kier molecular flexibility index (Phi) is 2.58. The Morgan fingerprint density at radius 2 is 2.23 bits per heavy atom. The number of hydrazine groups is 1. The fraction of sp³-hybridized carbons (Fsp3) is 0.333. The fourth-order valence-corrected chi connectivity index (χ4v) is 0.746. The molecular weight excluding hydrogens is 174 g/mol. The van der Waals surface area contributed by atoms with Gasteiger partial charge in [-0.3, -0.25) is 0 Å². The SMILES string of the molecule is CN(C)c1cc(N[N+](=O)[O-])ncn1. The molecule has 1 rings (SSSR count). The molecule has 0 aromatic carbocycles. The zero-order valence-electron chi connectivity index (χ0n) is 7.26. The van der Waals surface area contributed by atoms with Crippen molar-refractivity contribution in [3.63, 3.8) is 0 Å². The normalized spacial score (nSPS) is 9.38. The van der Waals surface area contributed by atoms with Crippen LogP contribution in [0.5, 0.6) is 0 Å². The smallest absolute Gasteiger partial charge is 0.195 e. The lowest BCUT2D eigenvalue weighted by atomic mass is 10.5. The van der Waals surface area contributed by atoms with Crippen LogP contribution in [-0.2, 0) is 0 Å². The molecule has 0 aliphatic carbocycles. The number of nitrogens with zero attached hydrogens (tertiary/aromatic N) is 4. The molecule has 1 heterocycles. The number of rotatable bonds is 3. The van der Waals surface area contributed by atoms with Gasteiger partial charge in [0.25, 0.3) is 0 Å². The van der Waals surface area contributed by atoms with Gasteiger partial charge in [-0.1, -0.05) is 5.43 Å². The topological polar surface area (TPSA) is 84.2 Å². The van der Waals surface area contributed by atoms with Gasteiger partial charge in [0.15, 0.2) is 10.9 Å². The molecular formula is C6H9N5O2. The second-order valence-electron chi connectivity index (χ2n) is 2.52. The molecule has 0 amide bonds. The van der Waals surface area contributed by atoms with Crippen molar-refractivity contribution in [1.29, 1.82) is 0 Å². The quantitative estimate of drug-likeness (QED) is 0.530. The average molecular weight is 183 g/mol. The van der Waals surface area contributed by atoms with Gasteiger partial charge in [0.1, 0.15) is 12.1 Å². The van der Waals surface area contributed by atoms with Crippen molar-refractivity contribution in [3.8, 4) is 0 Å². The molecule has 1 aromatic rings. The summed E-state index contributed by atoms with van der Waals surface area (Å²) in [7, 11) is 3.58. The molecule has 13 heavy (non-hydrogen) atoms. The predicted molar refractivity (Wildman–Crippen MR) is 47.0 cm³/mol. The van der Waals surface area contributed by atoms with Crippen LogP contribution in [-0.4, -0.2) is 29.1 Å². The fourth-order valence-electron chi connectivity index (χ4n) is 0.746. The summed E-state index contributed by atoms with van der Waals surface area (Å²) in [4.78, 5) is 19.4. The monoisotopic (exact) mass is 183 g/mol. The zero-order valence-corrected chi connectivity index (χ0v) is 7.26. The molecule has 0 saturated carbocycles. The maximum atomic E-state index is 10.1. The van der Waals surface area contributed by atoms with Gasteiger partial charge < -0.3 is 4.90 Å². The molecule has 7 heteroatoms. The molecule has 1 N–H and O–H groups in total. The van der Waals surface area contributed by atoms with E-state index in [2.05, 4.69) is 9.97 Å². The van der Waals surface area contributed by atoms with Gasteiger partial charge in [-0.05, 0) is 0 Å². The third-order valence-corrected chi connectivity index (χ3v) is 1.32. The highest BCUT2D eigenvalue weighted by molar-refractivity contribution is 5.45. The summed E-state index contributed by atoms with van der Waals surface area (Å²) < 4.78 is 0. The number of nitrogens with one attached hydrogen (secondary N) is 1. The number of hydrogen-bond acceptors (Lipinski definition) is 5. The van der Waals surface area contributed by atoms with E-state index in [1.165, 1.54) is 12.4 Å². The minimum Gasteiger partial charge on any atom is -0.363 e. The lowest BCUT2D eigenvalue weighted by Crippen LogP contribution is -2.13. The van der Waals surface area contributed by atoms with Crippen LogP contribution < -0.4 is 10.3 Å². The van der Waals surface area contributed by atoms with Crippen molar-refractivity contribution in [3.05, 3.63) is 22.5 Å². The van der Waals surface area contributed by atoms with Crippen molar-refractivity contribution in [2.24, 2.45) is 0 Å². The van der Waals surface area contributed by atoms with E-state index in [0.717, 1.165) is 0 Å². The summed E-state index contributed by atoms with van der Waals surface area (Å²) in [6.45, 7) is 0. The Hall–Kier alpha value is -1.92. The third-order valence-electron chi connectivity index (χ3n) is 1.32. The van der Waals surface area contributed by atoms with Crippen molar-refractivity contribution in [1.82, 2.24) is 9.97 Å². The molecule has 70 valence electrons. The van der Waals surface area contributed by atoms with E-state index in [-0.39, 0.29) is 5.82 Å². The second-order valence-corrected chi connectivity index (χ2v) is 2.52. The van der Waals surface area contributed by atoms with Crippen LogP contribution in [0.15, 0.2) is 12.4 Å². The summed E-state index contributed by atoms with van der Waals surface area (Å²) in [5.41, 5.74) is 1.94. The van der Waals surface area contributed by atoms with Gasteiger partial charge in [0.2, 0.25) is 0 Å². The second kappa shape index (κ2) is 3.65. The highest BCUT2D eigenvalue weighted by Gasteiger charge is 2.03. The van der Waals surface area contributed by atoms with Crippen LogP contribution in [0.4, 0.5) is 11.6 Å². The first kappa shape index (κ1) is 9.17. The molecule has 0 atom stereocenters. The van der Waals surface area contributed by atoms with Crippen LogP contribution in [0.25, 0.3) is 0 Å². The van der Waals surface area contributed by atoms with E-state index < -0.39 is 5.03 Å². The minimum absolute atomic E-state index is 0.170. The summed E-state index contributed by atoms with van der Waals surface area (Å²) in [6.07, 6.45) is 1.27. The van der Waals surface area contributed by atoms with E-state index in [4.69, 9.17) is 0 Å². The summed E-state index contributed by atoms with van der Waals surface area (Å²) in [5, 5.41) is 9.41. The van der Waals surface area contributed by atoms with Crippen LogP contribution >= 0.6 is 0 Å². The Morgan fingerprint density at radius 1 is 1.54 bits per heavy atom. The maximum absolute atomic E-state index is 10.1. The Labute approximate surface area is 74.5 Å². The molecule has 0 unspecified atom stereocenters. The molecule has 0 radical (unpaired) electrons. The van der Waals surface area contributed by atoms with Crippen molar-refractivity contribution in [2.75, 3.05) is 24.4 Å². The first-order valence-corrected chi connectivity index (χ1v) is 3.50. The Morgan fingerprint density at radius 3 is 2.77 bits per heavy atom. The number of aromatic nitrogens is 2. The van der Waals surface area contributed by atoms with Gasteiger partial charge in [-0.25, -0.2) is 20.1 Å². The average Bonchev–Trinajstić information content (AvgIpc) is 2.03. The van der Waals surface area contributed by atoms with E-state index in [9.17, 15) is 10.1 Å². The van der Waals surface area contributed by atoms with Crippen molar-refractivity contribution < 1.29 is 5.03 Å². The Balaban J connectivity index is 2.85. The van der Waals surface area contributed by atoms with Crippen molar-refractivity contribution >= 4 is 11.6 Å².